The van der Waals surface area contributed by atoms with E-state index in [2.05, 4.69) is 43.4 Å². The molecule has 29 heavy (non-hydrogen) atoms. The molecule has 0 fully saturated rings. The van der Waals surface area contributed by atoms with Crippen LogP contribution in [0.25, 0.3) is 0 Å². The molecule has 1 N–H and O–H groups in total. The smallest absolute Gasteiger partial charge is 0.260 e. The summed E-state index contributed by atoms with van der Waals surface area (Å²) in [5.41, 5.74) is 3.49. The Morgan fingerprint density at radius 2 is 1.66 bits per heavy atom. The van der Waals surface area contributed by atoms with E-state index >= 15 is 0 Å². The van der Waals surface area contributed by atoms with Gasteiger partial charge in [0, 0.05) is 6.54 Å². The highest BCUT2D eigenvalue weighted by Gasteiger charge is 2.17. The topological polar surface area (TPSA) is 47.6 Å². The fourth-order valence-electron chi connectivity index (χ4n) is 3.12. The van der Waals surface area contributed by atoms with Gasteiger partial charge < -0.3 is 14.8 Å². The van der Waals surface area contributed by atoms with Crippen LogP contribution in [0.2, 0.25) is 0 Å². The van der Waals surface area contributed by atoms with Gasteiger partial charge in [0.15, 0.2) is 6.10 Å². The van der Waals surface area contributed by atoms with Gasteiger partial charge in [-0.05, 0) is 81.3 Å². The summed E-state index contributed by atoms with van der Waals surface area (Å²) in [6, 6.07) is 14.3. The molecule has 0 aromatic heterocycles. The van der Waals surface area contributed by atoms with E-state index in [0.717, 1.165) is 35.5 Å². The van der Waals surface area contributed by atoms with Crippen molar-refractivity contribution in [1.29, 1.82) is 0 Å². The van der Waals surface area contributed by atoms with E-state index < -0.39 is 6.10 Å². The molecule has 1 amide bonds. The zero-order valence-corrected chi connectivity index (χ0v) is 18.6. The molecule has 158 valence electrons. The van der Waals surface area contributed by atoms with E-state index in [-0.39, 0.29) is 12.0 Å². The first-order chi connectivity index (χ1) is 13.8. The Balaban J connectivity index is 1.78. The fourth-order valence-corrected chi connectivity index (χ4v) is 3.12. The highest BCUT2D eigenvalue weighted by atomic mass is 16.5. The number of hydrogen-bond donors (Lipinski definition) is 1. The van der Waals surface area contributed by atoms with E-state index in [4.69, 9.17) is 9.47 Å². The van der Waals surface area contributed by atoms with Crippen LogP contribution in [0.1, 0.15) is 63.6 Å². The van der Waals surface area contributed by atoms with Crippen molar-refractivity contribution in [1.82, 2.24) is 5.32 Å². The van der Waals surface area contributed by atoms with Crippen molar-refractivity contribution in [2.24, 2.45) is 0 Å². The molecule has 0 heterocycles. The summed E-state index contributed by atoms with van der Waals surface area (Å²) in [4.78, 5) is 12.4. The van der Waals surface area contributed by atoms with Crippen LogP contribution in [0.5, 0.6) is 11.5 Å². The Morgan fingerprint density at radius 3 is 2.28 bits per heavy atom. The van der Waals surface area contributed by atoms with E-state index in [1.165, 1.54) is 5.56 Å². The van der Waals surface area contributed by atoms with Crippen LogP contribution < -0.4 is 14.8 Å². The Morgan fingerprint density at radius 1 is 0.966 bits per heavy atom. The molecule has 0 saturated carbocycles. The number of carbonyl (C=O) groups is 1. The minimum Gasteiger partial charge on any atom is -0.491 e. The van der Waals surface area contributed by atoms with Crippen molar-refractivity contribution in [3.63, 3.8) is 0 Å². The summed E-state index contributed by atoms with van der Waals surface area (Å²) < 4.78 is 11.6. The molecule has 2 aromatic rings. The second-order valence-corrected chi connectivity index (χ2v) is 8.16. The van der Waals surface area contributed by atoms with Gasteiger partial charge in [-0.1, -0.05) is 38.1 Å². The minimum atomic E-state index is -0.526. The van der Waals surface area contributed by atoms with Gasteiger partial charge in [-0.3, -0.25) is 4.79 Å². The molecule has 0 aliphatic heterocycles. The monoisotopic (exact) mass is 397 g/mol. The van der Waals surface area contributed by atoms with Crippen molar-refractivity contribution in [2.45, 2.75) is 72.5 Å². The lowest BCUT2D eigenvalue weighted by Crippen LogP contribution is -2.37. The molecule has 4 heteroatoms. The molecular weight excluding hydrogens is 362 g/mol. The number of aryl methyl sites for hydroxylation is 2. The lowest BCUT2D eigenvalue weighted by molar-refractivity contribution is -0.127. The maximum atomic E-state index is 12.4. The summed E-state index contributed by atoms with van der Waals surface area (Å²) in [6.45, 7) is 12.8. The largest absolute Gasteiger partial charge is 0.491 e. The molecule has 0 spiro atoms. The first-order valence-corrected chi connectivity index (χ1v) is 10.6. The molecule has 0 bridgehead atoms. The Bertz CT molecular complexity index is 781. The van der Waals surface area contributed by atoms with Crippen molar-refractivity contribution >= 4 is 5.91 Å². The fraction of sp³-hybridized carbons (Fsp3) is 0.480. The van der Waals surface area contributed by atoms with E-state index in [0.29, 0.717) is 12.5 Å². The molecule has 0 radical (unpaired) electrons. The van der Waals surface area contributed by atoms with Crippen molar-refractivity contribution < 1.29 is 14.3 Å². The highest BCUT2D eigenvalue weighted by molar-refractivity contribution is 5.80. The zero-order valence-electron chi connectivity index (χ0n) is 18.6. The van der Waals surface area contributed by atoms with Crippen molar-refractivity contribution in [2.75, 3.05) is 6.54 Å². The average molecular weight is 398 g/mol. The number of carbonyl (C=O) groups excluding carboxylic acids is 1. The molecule has 4 nitrogen and oxygen atoms in total. The summed E-state index contributed by atoms with van der Waals surface area (Å²) in [6.07, 6.45) is 1.44. The molecule has 0 aliphatic rings. The van der Waals surface area contributed by atoms with E-state index in [1.807, 2.05) is 39.0 Å². The zero-order chi connectivity index (χ0) is 21.4. The van der Waals surface area contributed by atoms with Gasteiger partial charge in [0.1, 0.15) is 11.5 Å². The van der Waals surface area contributed by atoms with Crippen LogP contribution in [0.3, 0.4) is 0 Å². The van der Waals surface area contributed by atoms with Gasteiger partial charge >= 0.3 is 0 Å². The van der Waals surface area contributed by atoms with Gasteiger partial charge in [-0.15, -0.1) is 0 Å². The van der Waals surface area contributed by atoms with Crippen molar-refractivity contribution in [3.8, 4) is 11.5 Å². The Kier molecular flexibility index (Phi) is 8.56. The van der Waals surface area contributed by atoms with E-state index in [9.17, 15) is 4.79 Å². The summed E-state index contributed by atoms with van der Waals surface area (Å²) in [5.74, 6) is 1.95. The molecule has 0 aliphatic carbocycles. The third kappa shape index (κ3) is 7.45. The van der Waals surface area contributed by atoms with Gasteiger partial charge in [-0.2, -0.15) is 0 Å². The lowest BCUT2D eigenvalue weighted by Gasteiger charge is -2.19. The average Bonchev–Trinajstić information content (AvgIpc) is 2.65. The van der Waals surface area contributed by atoms with Gasteiger partial charge in [-0.25, -0.2) is 0 Å². The molecule has 1 unspecified atom stereocenters. The summed E-state index contributed by atoms with van der Waals surface area (Å²) in [5, 5.41) is 2.99. The Labute approximate surface area is 175 Å². The van der Waals surface area contributed by atoms with Crippen LogP contribution in [-0.2, 0) is 11.2 Å². The quantitative estimate of drug-likeness (QED) is 0.544. The van der Waals surface area contributed by atoms with Crippen LogP contribution >= 0.6 is 0 Å². The number of nitrogens with one attached hydrogen (secondary N) is 1. The predicted molar refractivity (Wildman–Crippen MR) is 119 cm³/mol. The first kappa shape index (κ1) is 22.8. The second kappa shape index (κ2) is 10.9. The number of rotatable bonds is 10. The summed E-state index contributed by atoms with van der Waals surface area (Å²) >= 11 is 0. The normalized spacial score (nSPS) is 12.1. The van der Waals surface area contributed by atoms with Crippen LogP contribution in [0.4, 0.5) is 0 Å². The van der Waals surface area contributed by atoms with Crippen molar-refractivity contribution in [3.05, 3.63) is 59.2 Å². The molecule has 2 aromatic carbocycles. The van der Waals surface area contributed by atoms with Crippen LogP contribution in [-0.4, -0.2) is 24.7 Å². The number of benzene rings is 2. The third-order valence-electron chi connectivity index (χ3n) is 4.70. The molecule has 1 atom stereocenters. The van der Waals surface area contributed by atoms with Gasteiger partial charge in [0.05, 0.1) is 6.10 Å². The predicted octanol–water partition coefficient (Wildman–Crippen LogP) is 5.42. The maximum Gasteiger partial charge on any atom is 0.260 e. The van der Waals surface area contributed by atoms with Gasteiger partial charge in [0.25, 0.3) is 5.91 Å². The number of hydrogen-bond acceptors (Lipinski definition) is 3. The molecule has 2 rings (SSSR count). The standard InChI is InChI=1S/C25H35NO3/c1-17(2)23-14-9-19(5)16-24(23)29-20(6)25(27)26-15-7-8-21-10-12-22(13-11-21)28-18(3)4/h9-14,16-18,20H,7-8,15H2,1-6H3,(H,26,27). The number of ether oxygens (including phenoxy) is 2. The first-order valence-electron chi connectivity index (χ1n) is 10.6. The van der Waals surface area contributed by atoms with Crippen LogP contribution in [0.15, 0.2) is 42.5 Å². The third-order valence-corrected chi connectivity index (χ3v) is 4.70. The maximum absolute atomic E-state index is 12.4. The SMILES string of the molecule is Cc1ccc(C(C)C)c(OC(C)C(=O)NCCCc2ccc(OC(C)C)cc2)c1. The Hall–Kier alpha value is -2.49. The van der Waals surface area contributed by atoms with Gasteiger partial charge in [0.2, 0.25) is 0 Å². The summed E-state index contributed by atoms with van der Waals surface area (Å²) in [7, 11) is 0. The molecular formula is C25H35NO3. The number of amides is 1. The van der Waals surface area contributed by atoms with E-state index in [1.54, 1.807) is 6.92 Å². The second-order valence-electron chi connectivity index (χ2n) is 8.16. The lowest BCUT2D eigenvalue weighted by atomic mass is 10.0. The highest BCUT2D eigenvalue weighted by Crippen LogP contribution is 2.28. The molecule has 0 saturated heterocycles. The minimum absolute atomic E-state index is 0.0816. The van der Waals surface area contributed by atoms with Crippen LogP contribution in [0, 0.1) is 6.92 Å².